The van der Waals surface area contributed by atoms with Crippen LogP contribution >= 0.6 is 0 Å². The zero-order chi connectivity index (χ0) is 21.6. The minimum atomic E-state index is -0.494. The Morgan fingerprint density at radius 1 is 1.29 bits per heavy atom. The molecule has 0 spiro atoms. The van der Waals surface area contributed by atoms with Crippen molar-refractivity contribution >= 4 is 11.6 Å². The highest BCUT2D eigenvalue weighted by Gasteiger charge is 2.21. The van der Waals surface area contributed by atoms with Crippen LogP contribution in [0.2, 0.25) is 0 Å². The number of aromatic nitrogens is 4. The molecule has 0 bridgehead atoms. The normalized spacial score (nSPS) is 15.8. The van der Waals surface area contributed by atoms with E-state index in [0.717, 1.165) is 25.9 Å². The van der Waals surface area contributed by atoms with Crippen LogP contribution < -0.4 is 20.1 Å². The van der Waals surface area contributed by atoms with Gasteiger partial charge in [-0.25, -0.2) is 14.4 Å². The van der Waals surface area contributed by atoms with Crippen LogP contribution in [0, 0.1) is 23.1 Å². The first-order chi connectivity index (χ1) is 15.2. The van der Waals surface area contributed by atoms with E-state index in [4.69, 9.17) is 14.7 Å². The van der Waals surface area contributed by atoms with E-state index in [2.05, 4.69) is 30.8 Å². The maximum atomic E-state index is 14.5. The molecule has 2 aromatic heterocycles. The fraction of sp³-hybridized carbons (Fsp3) is 0.333. The molecule has 1 unspecified atom stereocenters. The van der Waals surface area contributed by atoms with Crippen LogP contribution in [-0.4, -0.2) is 47.0 Å². The minimum Gasteiger partial charge on any atom is -0.493 e. The smallest absolute Gasteiger partial charge is 0.167 e. The van der Waals surface area contributed by atoms with Gasteiger partial charge in [0.05, 0.1) is 37.4 Å². The topological polar surface area (TPSA) is 121 Å². The number of rotatable bonds is 7. The van der Waals surface area contributed by atoms with Gasteiger partial charge in [0.1, 0.15) is 17.6 Å². The van der Waals surface area contributed by atoms with Gasteiger partial charge in [-0.05, 0) is 31.5 Å². The van der Waals surface area contributed by atoms with E-state index in [1.54, 1.807) is 12.1 Å². The van der Waals surface area contributed by atoms with Crippen LogP contribution in [0.15, 0.2) is 30.6 Å². The van der Waals surface area contributed by atoms with Crippen LogP contribution in [0.3, 0.4) is 0 Å². The fourth-order valence-corrected chi connectivity index (χ4v) is 3.48. The van der Waals surface area contributed by atoms with E-state index in [1.807, 2.05) is 6.07 Å². The van der Waals surface area contributed by atoms with Crippen molar-refractivity contribution in [1.82, 2.24) is 25.5 Å². The molecule has 3 N–H and O–H groups in total. The van der Waals surface area contributed by atoms with Crippen molar-refractivity contribution in [2.75, 3.05) is 32.1 Å². The Kier molecular flexibility index (Phi) is 6.24. The maximum absolute atomic E-state index is 14.5. The molecule has 3 heterocycles. The lowest BCUT2D eigenvalue weighted by atomic mass is 10.0. The zero-order valence-corrected chi connectivity index (χ0v) is 17.0. The lowest BCUT2D eigenvalue weighted by Gasteiger charge is -2.23. The number of hydrogen-bond acceptors (Lipinski definition) is 8. The molecular weight excluding hydrogens is 401 g/mol. The highest BCUT2D eigenvalue weighted by Crippen LogP contribution is 2.40. The Bertz CT molecular complexity index is 1070. The van der Waals surface area contributed by atoms with Gasteiger partial charge in [-0.1, -0.05) is 0 Å². The summed E-state index contributed by atoms with van der Waals surface area (Å²) in [4.78, 5) is 8.07. The summed E-state index contributed by atoms with van der Waals surface area (Å²) < 4.78 is 25.9. The van der Waals surface area contributed by atoms with Crippen LogP contribution in [-0.2, 0) is 0 Å². The summed E-state index contributed by atoms with van der Waals surface area (Å²) in [5, 5.41) is 22.3. The number of hydrogen-bond donors (Lipinski definition) is 3. The highest BCUT2D eigenvalue weighted by atomic mass is 19.1. The Hall–Kier alpha value is -3.71. The highest BCUT2D eigenvalue weighted by molar-refractivity contribution is 5.76. The van der Waals surface area contributed by atoms with E-state index in [9.17, 15) is 4.39 Å². The van der Waals surface area contributed by atoms with E-state index in [0.29, 0.717) is 41.2 Å². The summed E-state index contributed by atoms with van der Waals surface area (Å²) in [7, 11) is 1.42. The molecule has 3 aromatic rings. The first kappa shape index (κ1) is 20.6. The monoisotopic (exact) mass is 423 g/mol. The summed E-state index contributed by atoms with van der Waals surface area (Å²) in [5.41, 5.74) is 1.20. The molecule has 9 nitrogen and oxygen atoms in total. The summed E-state index contributed by atoms with van der Waals surface area (Å²) in [6.07, 6.45) is 4.99. The quantitative estimate of drug-likeness (QED) is 0.530. The summed E-state index contributed by atoms with van der Waals surface area (Å²) >= 11 is 0. The van der Waals surface area contributed by atoms with Gasteiger partial charge in [0.15, 0.2) is 23.1 Å². The number of nitrogens with one attached hydrogen (secondary N) is 3. The largest absolute Gasteiger partial charge is 0.493 e. The lowest BCUT2D eigenvalue weighted by molar-refractivity contribution is 0.218. The number of ether oxygens (including phenoxy) is 2. The van der Waals surface area contributed by atoms with Gasteiger partial charge in [-0.2, -0.15) is 10.4 Å². The molecule has 31 heavy (non-hydrogen) atoms. The molecule has 0 aliphatic carbocycles. The average molecular weight is 423 g/mol. The van der Waals surface area contributed by atoms with Gasteiger partial charge >= 0.3 is 0 Å². The van der Waals surface area contributed by atoms with Gasteiger partial charge in [-0.15, -0.1) is 0 Å². The van der Waals surface area contributed by atoms with Crippen molar-refractivity contribution in [2.24, 2.45) is 5.92 Å². The average Bonchev–Trinajstić information content (AvgIpc) is 3.27. The maximum Gasteiger partial charge on any atom is 0.167 e. The summed E-state index contributed by atoms with van der Waals surface area (Å²) in [5.74, 6) is 1.36. The zero-order valence-electron chi connectivity index (χ0n) is 17.0. The van der Waals surface area contributed by atoms with Crippen molar-refractivity contribution in [3.8, 4) is 28.8 Å². The standard InChI is InChI=1S/C21H22FN7O2/c1-30-21-15(22)4-5-17(31-12-13-3-2-6-24-9-13)20(21)16-7-18(29-28-16)27-19-11-25-14(8-23)10-26-19/h4-5,7,10-11,13,24H,2-3,6,9,12H2,1H3,(H2,26,27,28,29). The van der Waals surface area contributed by atoms with Crippen molar-refractivity contribution in [1.29, 1.82) is 5.26 Å². The second kappa shape index (κ2) is 9.40. The molecule has 0 radical (unpaired) electrons. The third kappa shape index (κ3) is 4.73. The third-order valence-electron chi connectivity index (χ3n) is 5.02. The number of H-pyrrole nitrogens is 1. The second-order valence-electron chi connectivity index (χ2n) is 7.17. The molecule has 0 amide bonds. The number of piperidine rings is 1. The number of aromatic amines is 1. The molecule has 1 saturated heterocycles. The molecule has 0 saturated carbocycles. The number of nitriles is 1. The SMILES string of the molecule is COc1c(F)ccc(OCC2CCCNC2)c1-c1cc(Nc2cnc(C#N)cn2)n[nH]1. The molecule has 1 fully saturated rings. The predicted molar refractivity (Wildman–Crippen MR) is 112 cm³/mol. The number of methoxy groups -OCH3 is 1. The van der Waals surface area contributed by atoms with Gasteiger partial charge < -0.3 is 20.1 Å². The van der Waals surface area contributed by atoms with Gasteiger partial charge in [-0.3, -0.25) is 5.10 Å². The van der Waals surface area contributed by atoms with Crippen molar-refractivity contribution in [3.63, 3.8) is 0 Å². The van der Waals surface area contributed by atoms with Crippen molar-refractivity contribution in [2.45, 2.75) is 12.8 Å². The molecule has 1 aromatic carbocycles. The second-order valence-corrected chi connectivity index (χ2v) is 7.17. The van der Waals surface area contributed by atoms with Gasteiger partial charge in [0.2, 0.25) is 0 Å². The first-order valence-electron chi connectivity index (χ1n) is 9.93. The van der Waals surface area contributed by atoms with E-state index in [-0.39, 0.29) is 11.4 Å². The first-order valence-corrected chi connectivity index (χ1v) is 9.93. The number of benzene rings is 1. The predicted octanol–water partition coefficient (Wildman–Crippen LogP) is 3.01. The summed E-state index contributed by atoms with van der Waals surface area (Å²) in [6, 6.07) is 6.55. The Labute approximate surface area is 178 Å². The Morgan fingerprint density at radius 3 is 2.90 bits per heavy atom. The molecule has 10 heteroatoms. The van der Waals surface area contributed by atoms with Crippen molar-refractivity contribution in [3.05, 3.63) is 42.1 Å². The van der Waals surface area contributed by atoms with Crippen LogP contribution in [0.4, 0.5) is 16.0 Å². The molecule has 4 rings (SSSR count). The Balaban J connectivity index is 1.58. The number of halogens is 1. The van der Waals surface area contributed by atoms with Crippen molar-refractivity contribution < 1.29 is 13.9 Å². The third-order valence-corrected chi connectivity index (χ3v) is 5.02. The van der Waals surface area contributed by atoms with Crippen LogP contribution in [0.5, 0.6) is 11.5 Å². The molecule has 1 aliphatic rings. The van der Waals surface area contributed by atoms with E-state index in [1.165, 1.54) is 25.6 Å². The fourth-order valence-electron chi connectivity index (χ4n) is 3.48. The molecular formula is C21H22FN7O2. The molecule has 1 aliphatic heterocycles. The summed E-state index contributed by atoms with van der Waals surface area (Å²) in [6.45, 7) is 2.45. The van der Waals surface area contributed by atoms with E-state index < -0.39 is 5.82 Å². The van der Waals surface area contributed by atoms with Crippen LogP contribution in [0.25, 0.3) is 11.3 Å². The number of anilines is 2. The molecule has 160 valence electrons. The minimum absolute atomic E-state index is 0.0765. The lowest BCUT2D eigenvalue weighted by Crippen LogP contribution is -2.33. The van der Waals surface area contributed by atoms with Gasteiger partial charge in [0.25, 0.3) is 0 Å². The molecule has 1 atom stereocenters. The Morgan fingerprint density at radius 2 is 2.19 bits per heavy atom. The number of nitrogens with zero attached hydrogens (tertiary/aromatic N) is 4. The van der Waals surface area contributed by atoms with E-state index >= 15 is 0 Å². The van der Waals surface area contributed by atoms with Crippen LogP contribution in [0.1, 0.15) is 18.5 Å². The van der Waals surface area contributed by atoms with Gasteiger partial charge in [0, 0.05) is 18.5 Å².